The average molecular weight is 322 g/mol. The van der Waals surface area contributed by atoms with Crippen LogP contribution in [0.4, 0.5) is 0 Å². The van der Waals surface area contributed by atoms with E-state index in [9.17, 15) is 13.2 Å². The summed E-state index contributed by atoms with van der Waals surface area (Å²) in [5.74, 6) is 0.786. The van der Waals surface area contributed by atoms with Crippen molar-refractivity contribution in [2.45, 2.75) is 30.2 Å². The lowest BCUT2D eigenvalue weighted by molar-refractivity contribution is 0.0783. The van der Waals surface area contributed by atoms with Gasteiger partial charge in [-0.1, -0.05) is 12.5 Å². The molecule has 5 nitrogen and oxygen atoms in total. The predicted octanol–water partition coefficient (Wildman–Crippen LogP) is 1.29. The molecule has 3 unspecified atom stereocenters. The molecule has 1 aromatic rings. The van der Waals surface area contributed by atoms with Crippen molar-refractivity contribution in [3.63, 3.8) is 0 Å². The second-order valence-electron chi connectivity index (χ2n) is 6.53. The van der Waals surface area contributed by atoms with Crippen LogP contribution >= 0.6 is 0 Å². The molecule has 0 spiro atoms. The topological polar surface area (TPSA) is 80.5 Å². The molecule has 1 saturated heterocycles. The van der Waals surface area contributed by atoms with E-state index >= 15 is 0 Å². The maximum atomic E-state index is 12.7. The van der Waals surface area contributed by atoms with E-state index in [0.29, 0.717) is 23.9 Å². The molecule has 6 heteroatoms. The summed E-state index contributed by atoms with van der Waals surface area (Å²) in [6.07, 6.45) is 4.45. The molecule has 3 atom stereocenters. The van der Waals surface area contributed by atoms with Crippen molar-refractivity contribution in [2.24, 2.45) is 17.6 Å². The Bertz CT molecular complexity index is 686. The molecule has 1 aromatic carbocycles. The van der Waals surface area contributed by atoms with Crippen LogP contribution in [0, 0.1) is 11.8 Å². The van der Waals surface area contributed by atoms with Gasteiger partial charge in [0.05, 0.1) is 4.90 Å². The van der Waals surface area contributed by atoms with Gasteiger partial charge >= 0.3 is 0 Å². The van der Waals surface area contributed by atoms with Crippen LogP contribution in [0.1, 0.15) is 29.6 Å². The van der Waals surface area contributed by atoms with Gasteiger partial charge in [-0.15, -0.1) is 0 Å². The van der Waals surface area contributed by atoms with Crippen LogP contribution in [0.5, 0.6) is 0 Å². The van der Waals surface area contributed by atoms with Crippen molar-refractivity contribution in [3.8, 4) is 0 Å². The van der Waals surface area contributed by atoms with Crippen molar-refractivity contribution in [2.75, 3.05) is 19.3 Å². The maximum absolute atomic E-state index is 12.7. The van der Waals surface area contributed by atoms with Gasteiger partial charge in [0, 0.05) is 31.0 Å². The molecular weight excluding hydrogens is 300 g/mol. The number of carbonyl (C=O) groups excluding carboxylic acids is 1. The van der Waals surface area contributed by atoms with Crippen LogP contribution in [0.2, 0.25) is 0 Å². The number of hydrogen-bond donors (Lipinski definition) is 1. The van der Waals surface area contributed by atoms with E-state index in [4.69, 9.17) is 5.73 Å². The van der Waals surface area contributed by atoms with Crippen LogP contribution in [0.15, 0.2) is 29.2 Å². The lowest BCUT2D eigenvalue weighted by Gasteiger charge is -2.29. The Labute approximate surface area is 131 Å². The van der Waals surface area contributed by atoms with Gasteiger partial charge in [0.2, 0.25) is 0 Å². The normalized spacial score (nSPS) is 28.5. The molecule has 1 heterocycles. The first-order chi connectivity index (χ1) is 10.4. The second kappa shape index (κ2) is 5.66. The first-order valence-corrected chi connectivity index (χ1v) is 9.60. The zero-order valence-electron chi connectivity index (χ0n) is 12.7. The number of nitrogens with zero attached hydrogens (tertiary/aromatic N) is 1. The smallest absolute Gasteiger partial charge is 0.253 e. The summed E-state index contributed by atoms with van der Waals surface area (Å²) in [7, 11) is -3.30. The summed E-state index contributed by atoms with van der Waals surface area (Å²) in [5, 5.41) is 0. The number of nitrogens with two attached hydrogens (primary N) is 1. The molecule has 0 bridgehead atoms. The Balaban J connectivity index is 1.80. The molecule has 1 amide bonds. The molecule has 2 aliphatic rings. The second-order valence-corrected chi connectivity index (χ2v) is 8.54. The third-order valence-electron chi connectivity index (χ3n) is 4.95. The Kier molecular flexibility index (Phi) is 3.99. The number of carbonyl (C=O) groups is 1. The van der Waals surface area contributed by atoms with Gasteiger partial charge in [0.15, 0.2) is 9.84 Å². The Morgan fingerprint density at radius 1 is 1.27 bits per heavy atom. The minimum Gasteiger partial charge on any atom is -0.338 e. The number of benzene rings is 1. The quantitative estimate of drug-likeness (QED) is 0.889. The maximum Gasteiger partial charge on any atom is 0.253 e. The van der Waals surface area contributed by atoms with Crippen molar-refractivity contribution in [1.29, 1.82) is 0 Å². The van der Waals surface area contributed by atoms with Crippen molar-refractivity contribution in [1.82, 2.24) is 4.90 Å². The van der Waals surface area contributed by atoms with Gasteiger partial charge in [-0.05, 0) is 42.9 Å². The Morgan fingerprint density at radius 2 is 2.05 bits per heavy atom. The van der Waals surface area contributed by atoms with E-state index in [1.165, 1.54) is 12.1 Å². The first kappa shape index (κ1) is 15.5. The molecule has 1 aliphatic carbocycles. The summed E-state index contributed by atoms with van der Waals surface area (Å²) in [6.45, 7) is 1.42. The molecule has 120 valence electrons. The molecule has 1 aliphatic heterocycles. The average Bonchev–Trinajstić information content (AvgIpc) is 2.91. The number of rotatable bonds is 2. The van der Waals surface area contributed by atoms with E-state index < -0.39 is 9.84 Å². The highest BCUT2D eigenvalue weighted by molar-refractivity contribution is 7.90. The highest BCUT2D eigenvalue weighted by atomic mass is 32.2. The van der Waals surface area contributed by atoms with Gasteiger partial charge < -0.3 is 10.6 Å². The molecule has 0 aromatic heterocycles. The Hall–Kier alpha value is -1.40. The van der Waals surface area contributed by atoms with Gasteiger partial charge in [0.25, 0.3) is 5.91 Å². The first-order valence-electron chi connectivity index (χ1n) is 7.71. The summed E-state index contributed by atoms with van der Waals surface area (Å²) in [6, 6.07) is 6.47. The minimum absolute atomic E-state index is 0.0906. The van der Waals surface area contributed by atoms with Gasteiger partial charge in [-0.25, -0.2) is 8.42 Å². The van der Waals surface area contributed by atoms with Crippen LogP contribution in [-0.2, 0) is 9.84 Å². The van der Waals surface area contributed by atoms with Crippen molar-refractivity contribution in [3.05, 3.63) is 29.8 Å². The molecular formula is C16H22N2O3S. The van der Waals surface area contributed by atoms with E-state index in [-0.39, 0.29) is 16.8 Å². The fourth-order valence-corrected chi connectivity index (χ4v) is 4.39. The molecule has 0 radical (unpaired) electrons. The fourth-order valence-electron chi connectivity index (χ4n) is 3.72. The monoisotopic (exact) mass is 322 g/mol. The van der Waals surface area contributed by atoms with Gasteiger partial charge in [-0.3, -0.25) is 4.79 Å². The summed E-state index contributed by atoms with van der Waals surface area (Å²) < 4.78 is 23.3. The highest BCUT2D eigenvalue weighted by Gasteiger charge is 2.40. The fraction of sp³-hybridized carbons (Fsp3) is 0.562. The van der Waals surface area contributed by atoms with E-state index in [1.54, 1.807) is 12.1 Å². The number of hydrogen-bond acceptors (Lipinski definition) is 4. The zero-order chi connectivity index (χ0) is 15.9. The van der Waals surface area contributed by atoms with Crippen LogP contribution in [0.25, 0.3) is 0 Å². The molecule has 3 rings (SSSR count). The highest BCUT2D eigenvalue weighted by Crippen LogP contribution is 2.36. The zero-order valence-corrected chi connectivity index (χ0v) is 13.6. The number of sulfone groups is 1. The van der Waals surface area contributed by atoms with Crippen LogP contribution in [0.3, 0.4) is 0 Å². The lowest BCUT2D eigenvalue weighted by atomic mass is 9.78. The SMILES string of the molecule is CS(=O)(=O)c1cccc(C(=O)N2CC3CCCC(N)C3C2)c1. The summed E-state index contributed by atoms with van der Waals surface area (Å²) in [5.41, 5.74) is 6.62. The number of fused-ring (bicyclic) bond motifs is 1. The third-order valence-corrected chi connectivity index (χ3v) is 6.06. The minimum atomic E-state index is -3.30. The molecule has 2 fully saturated rings. The third kappa shape index (κ3) is 2.90. The summed E-state index contributed by atoms with van der Waals surface area (Å²) in [4.78, 5) is 14.7. The molecule has 2 N–H and O–H groups in total. The standard InChI is InChI=1S/C16H22N2O3S/c1-22(20,21)13-6-2-4-11(8-13)16(19)18-9-12-5-3-7-15(17)14(12)10-18/h2,4,6,8,12,14-15H,3,5,7,9-10,17H2,1H3. The van der Waals surface area contributed by atoms with E-state index in [1.807, 2.05) is 4.90 Å². The van der Waals surface area contributed by atoms with Gasteiger partial charge in [-0.2, -0.15) is 0 Å². The lowest BCUT2D eigenvalue weighted by Crippen LogP contribution is -2.38. The number of likely N-dealkylation sites (tertiary alicyclic amines) is 1. The van der Waals surface area contributed by atoms with Gasteiger partial charge in [0.1, 0.15) is 0 Å². The van der Waals surface area contributed by atoms with E-state index in [0.717, 1.165) is 32.1 Å². The largest absolute Gasteiger partial charge is 0.338 e. The van der Waals surface area contributed by atoms with Crippen molar-refractivity contribution < 1.29 is 13.2 Å². The van der Waals surface area contributed by atoms with Crippen LogP contribution < -0.4 is 5.73 Å². The molecule has 22 heavy (non-hydrogen) atoms. The summed E-state index contributed by atoms with van der Waals surface area (Å²) >= 11 is 0. The van der Waals surface area contributed by atoms with Crippen LogP contribution in [-0.4, -0.2) is 44.6 Å². The van der Waals surface area contributed by atoms with E-state index in [2.05, 4.69) is 0 Å². The predicted molar refractivity (Wildman–Crippen MR) is 84.3 cm³/mol. The number of amides is 1. The molecule has 1 saturated carbocycles. The Morgan fingerprint density at radius 3 is 2.73 bits per heavy atom. The van der Waals surface area contributed by atoms with Crippen molar-refractivity contribution >= 4 is 15.7 Å².